The number of benzene rings is 2. The molecule has 0 spiro atoms. The summed E-state index contributed by atoms with van der Waals surface area (Å²) in [5, 5.41) is 17.4. The van der Waals surface area contributed by atoms with Gasteiger partial charge in [-0.2, -0.15) is 10.4 Å². The minimum absolute atomic E-state index is 0.404. The predicted octanol–water partition coefficient (Wildman–Crippen LogP) is 5.43. The van der Waals surface area contributed by atoms with Crippen molar-refractivity contribution in [2.45, 2.75) is 25.9 Å². The lowest BCUT2D eigenvalue weighted by Crippen LogP contribution is -2.55. The van der Waals surface area contributed by atoms with Crippen LogP contribution in [0.2, 0.25) is 0 Å². The maximum atomic E-state index is 9.34. The SMILES string of the molecule is C=Cc1c(C(=C)C#N)cccc1-c1cnn2cc(-c3ccc(N4C(C)CNCC4C)cc3)cnc12. The maximum absolute atomic E-state index is 9.34. The summed E-state index contributed by atoms with van der Waals surface area (Å²) in [6.45, 7) is 14.3. The fourth-order valence-electron chi connectivity index (χ4n) is 5.02. The van der Waals surface area contributed by atoms with Crippen LogP contribution in [0.5, 0.6) is 0 Å². The fraction of sp³-hybridized carbons (Fsp3) is 0.207. The Morgan fingerprint density at radius 2 is 1.80 bits per heavy atom. The van der Waals surface area contributed by atoms with Crippen LogP contribution in [0.1, 0.15) is 25.0 Å². The first kappa shape index (κ1) is 22.6. The Balaban J connectivity index is 1.49. The van der Waals surface area contributed by atoms with E-state index >= 15 is 0 Å². The van der Waals surface area contributed by atoms with Crippen LogP contribution in [-0.2, 0) is 0 Å². The number of hydrogen-bond acceptors (Lipinski definition) is 5. The Bertz CT molecular complexity index is 1450. The minimum atomic E-state index is 0.404. The highest BCUT2D eigenvalue weighted by Gasteiger charge is 2.24. The highest BCUT2D eigenvalue weighted by Crippen LogP contribution is 2.33. The number of nitrogens with zero attached hydrogens (tertiary/aromatic N) is 5. The molecule has 0 aliphatic carbocycles. The first-order valence-electron chi connectivity index (χ1n) is 11.8. The van der Waals surface area contributed by atoms with E-state index in [9.17, 15) is 5.26 Å². The minimum Gasteiger partial charge on any atom is -0.364 e. The van der Waals surface area contributed by atoms with Gasteiger partial charge in [0.2, 0.25) is 0 Å². The van der Waals surface area contributed by atoms with Gasteiger partial charge >= 0.3 is 0 Å². The second-order valence-electron chi connectivity index (χ2n) is 9.04. The molecule has 6 nitrogen and oxygen atoms in total. The summed E-state index contributed by atoms with van der Waals surface area (Å²) in [4.78, 5) is 7.24. The molecule has 2 unspecified atom stereocenters. The average Bonchev–Trinajstić information content (AvgIpc) is 3.31. The fourth-order valence-corrected chi connectivity index (χ4v) is 5.02. The zero-order valence-electron chi connectivity index (χ0n) is 20.1. The number of hydrogen-bond donors (Lipinski definition) is 1. The van der Waals surface area contributed by atoms with Crippen LogP contribution < -0.4 is 10.2 Å². The Morgan fingerprint density at radius 1 is 1.06 bits per heavy atom. The number of allylic oxidation sites excluding steroid dienone is 1. The van der Waals surface area contributed by atoms with Crippen LogP contribution in [0.3, 0.4) is 0 Å². The van der Waals surface area contributed by atoms with Crippen molar-refractivity contribution in [2.75, 3.05) is 18.0 Å². The lowest BCUT2D eigenvalue weighted by Gasteiger charge is -2.41. The molecule has 1 fully saturated rings. The van der Waals surface area contributed by atoms with Crippen molar-refractivity contribution in [1.82, 2.24) is 19.9 Å². The van der Waals surface area contributed by atoms with Gasteiger partial charge < -0.3 is 10.2 Å². The third-order valence-corrected chi connectivity index (χ3v) is 6.74. The first-order chi connectivity index (χ1) is 17.0. The monoisotopic (exact) mass is 460 g/mol. The highest BCUT2D eigenvalue weighted by molar-refractivity contribution is 5.90. The molecule has 2 atom stereocenters. The van der Waals surface area contributed by atoms with Gasteiger partial charge in [-0.15, -0.1) is 0 Å². The Kier molecular flexibility index (Phi) is 5.94. The van der Waals surface area contributed by atoms with Gasteiger partial charge in [0.05, 0.1) is 17.8 Å². The van der Waals surface area contributed by atoms with Gasteiger partial charge in [-0.25, -0.2) is 9.50 Å². The summed E-state index contributed by atoms with van der Waals surface area (Å²) in [7, 11) is 0. The number of anilines is 1. The highest BCUT2D eigenvalue weighted by atomic mass is 15.2. The molecule has 2 aromatic carbocycles. The van der Waals surface area contributed by atoms with Crippen molar-refractivity contribution in [3.05, 3.63) is 85.3 Å². The van der Waals surface area contributed by atoms with Crippen molar-refractivity contribution >= 4 is 23.0 Å². The molecule has 1 aliphatic rings. The van der Waals surface area contributed by atoms with E-state index in [1.165, 1.54) is 5.69 Å². The normalized spacial score (nSPS) is 17.8. The summed E-state index contributed by atoms with van der Waals surface area (Å²) in [5.74, 6) is 0. The van der Waals surface area contributed by atoms with E-state index in [-0.39, 0.29) is 0 Å². The second kappa shape index (κ2) is 9.21. The molecule has 2 aromatic heterocycles. The Hall–Kier alpha value is -4.21. The number of fused-ring (bicyclic) bond motifs is 1. The van der Waals surface area contributed by atoms with Crippen molar-refractivity contribution in [1.29, 1.82) is 5.26 Å². The van der Waals surface area contributed by atoms with E-state index < -0.39 is 0 Å². The van der Waals surface area contributed by atoms with Crippen LogP contribution >= 0.6 is 0 Å². The van der Waals surface area contributed by atoms with Crippen molar-refractivity contribution in [3.63, 3.8) is 0 Å². The van der Waals surface area contributed by atoms with Crippen LogP contribution in [0.25, 0.3) is 39.6 Å². The molecule has 0 bridgehead atoms. The quantitative estimate of drug-likeness (QED) is 0.402. The largest absolute Gasteiger partial charge is 0.364 e. The molecule has 1 N–H and O–H groups in total. The van der Waals surface area contributed by atoms with E-state index in [2.05, 4.69) is 72.7 Å². The molecule has 6 heteroatoms. The summed E-state index contributed by atoms with van der Waals surface area (Å²) in [6.07, 6.45) is 7.45. The van der Waals surface area contributed by atoms with Gasteiger partial charge in [0, 0.05) is 54.4 Å². The third-order valence-electron chi connectivity index (χ3n) is 6.74. The van der Waals surface area contributed by atoms with Crippen molar-refractivity contribution < 1.29 is 0 Å². The van der Waals surface area contributed by atoms with Gasteiger partial charge in [-0.05, 0) is 48.2 Å². The van der Waals surface area contributed by atoms with Gasteiger partial charge in [0.25, 0.3) is 0 Å². The number of rotatable bonds is 5. The number of nitriles is 1. The maximum Gasteiger partial charge on any atom is 0.162 e. The first-order valence-corrected chi connectivity index (χ1v) is 11.8. The van der Waals surface area contributed by atoms with Gasteiger partial charge in [-0.3, -0.25) is 0 Å². The summed E-state index contributed by atoms with van der Waals surface area (Å²) in [6, 6.07) is 17.5. The lowest BCUT2D eigenvalue weighted by atomic mass is 9.93. The molecule has 0 amide bonds. The van der Waals surface area contributed by atoms with E-state index in [1.807, 2.05) is 36.8 Å². The molecule has 35 heavy (non-hydrogen) atoms. The van der Waals surface area contributed by atoms with Gasteiger partial charge in [0.15, 0.2) is 5.65 Å². The standard InChI is InChI=1S/C29H28N6/c1-5-25-26(19(2)13-30)7-6-8-27(25)28-17-33-34-18-23(16-32-29(28)34)22-9-11-24(12-10-22)35-20(3)14-31-15-21(35)4/h5-12,16-18,20-21,31H,1-2,14-15H2,3-4H3. The average molecular weight is 461 g/mol. The number of nitrogens with one attached hydrogen (secondary N) is 1. The summed E-state index contributed by atoms with van der Waals surface area (Å²) in [5.41, 5.74) is 7.91. The lowest BCUT2D eigenvalue weighted by molar-refractivity contribution is 0.432. The molecule has 1 aliphatic heterocycles. The van der Waals surface area contributed by atoms with Crippen LogP contribution in [0.4, 0.5) is 5.69 Å². The molecular weight excluding hydrogens is 432 g/mol. The zero-order valence-corrected chi connectivity index (χ0v) is 20.1. The molecular formula is C29H28N6. The topological polar surface area (TPSA) is 69.2 Å². The molecule has 0 saturated carbocycles. The Labute approximate surface area is 205 Å². The predicted molar refractivity (Wildman–Crippen MR) is 143 cm³/mol. The van der Waals surface area contributed by atoms with E-state index in [4.69, 9.17) is 4.98 Å². The van der Waals surface area contributed by atoms with E-state index in [0.717, 1.165) is 52.1 Å². The summed E-state index contributed by atoms with van der Waals surface area (Å²) < 4.78 is 1.80. The van der Waals surface area contributed by atoms with Crippen LogP contribution in [-0.4, -0.2) is 39.8 Å². The van der Waals surface area contributed by atoms with Crippen molar-refractivity contribution in [2.24, 2.45) is 0 Å². The molecule has 3 heterocycles. The second-order valence-corrected chi connectivity index (χ2v) is 9.04. The van der Waals surface area contributed by atoms with E-state index in [0.29, 0.717) is 17.7 Å². The smallest absolute Gasteiger partial charge is 0.162 e. The third kappa shape index (κ3) is 4.01. The Morgan fingerprint density at radius 3 is 2.49 bits per heavy atom. The van der Waals surface area contributed by atoms with Gasteiger partial charge in [0.1, 0.15) is 0 Å². The molecule has 4 aromatic rings. The number of piperazine rings is 1. The van der Waals surface area contributed by atoms with Gasteiger partial charge in [-0.1, -0.05) is 49.6 Å². The molecule has 174 valence electrons. The number of aromatic nitrogens is 3. The zero-order chi connectivity index (χ0) is 24.5. The molecule has 1 saturated heterocycles. The van der Waals surface area contributed by atoms with Crippen LogP contribution in [0.15, 0.2) is 74.2 Å². The van der Waals surface area contributed by atoms with Crippen LogP contribution in [0, 0.1) is 11.3 Å². The summed E-state index contributed by atoms with van der Waals surface area (Å²) >= 11 is 0. The molecule has 5 rings (SSSR count). The van der Waals surface area contributed by atoms with E-state index in [1.54, 1.807) is 10.6 Å². The molecule has 0 radical (unpaired) electrons. The van der Waals surface area contributed by atoms with Crippen molar-refractivity contribution in [3.8, 4) is 28.3 Å².